The maximum atomic E-state index is 4.36. The minimum Gasteiger partial charge on any atom is -0.334 e. The number of hydrogen-bond donors (Lipinski definition) is 2. The SMILES string of the molecule is C=C/C=C(/C#CC#Cc1cnc([C@@H]2CCCN2)[nH]1)CC. The number of aromatic nitrogens is 2. The molecule has 0 amide bonds. The van der Waals surface area contributed by atoms with Gasteiger partial charge < -0.3 is 10.3 Å². The molecule has 1 aliphatic rings. The number of nitrogens with zero attached hydrogens (tertiary/aromatic N) is 1. The van der Waals surface area contributed by atoms with E-state index in [4.69, 9.17) is 0 Å². The Hall–Kier alpha value is -2.23. The highest BCUT2D eigenvalue weighted by Crippen LogP contribution is 2.19. The third kappa shape index (κ3) is 3.88. The molecular formula is C17H19N3. The molecule has 0 aromatic carbocycles. The van der Waals surface area contributed by atoms with E-state index in [-0.39, 0.29) is 0 Å². The molecule has 1 aromatic heterocycles. The van der Waals surface area contributed by atoms with Crippen molar-refractivity contribution in [2.24, 2.45) is 0 Å². The Morgan fingerprint density at radius 3 is 3.15 bits per heavy atom. The molecule has 0 unspecified atom stereocenters. The normalized spacial score (nSPS) is 17.9. The van der Waals surface area contributed by atoms with Gasteiger partial charge in [-0.05, 0) is 43.6 Å². The first kappa shape index (κ1) is 14.2. The van der Waals surface area contributed by atoms with Crippen LogP contribution in [0.5, 0.6) is 0 Å². The molecule has 3 heteroatoms. The number of aromatic amines is 1. The van der Waals surface area contributed by atoms with Gasteiger partial charge in [-0.3, -0.25) is 0 Å². The van der Waals surface area contributed by atoms with E-state index in [9.17, 15) is 0 Å². The van der Waals surface area contributed by atoms with Crippen LogP contribution in [-0.2, 0) is 0 Å². The number of hydrogen-bond acceptors (Lipinski definition) is 2. The lowest BCUT2D eigenvalue weighted by Crippen LogP contribution is -2.14. The van der Waals surface area contributed by atoms with Crippen molar-refractivity contribution in [2.75, 3.05) is 6.54 Å². The highest BCUT2D eigenvalue weighted by molar-refractivity contribution is 5.41. The van der Waals surface area contributed by atoms with Crippen LogP contribution in [0, 0.1) is 23.7 Å². The zero-order valence-corrected chi connectivity index (χ0v) is 11.8. The minimum absolute atomic E-state index is 0.346. The summed E-state index contributed by atoms with van der Waals surface area (Å²) < 4.78 is 0. The van der Waals surface area contributed by atoms with Gasteiger partial charge in [0.25, 0.3) is 0 Å². The summed E-state index contributed by atoms with van der Waals surface area (Å²) in [6.45, 7) is 6.79. The van der Waals surface area contributed by atoms with Crippen molar-refractivity contribution in [1.82, 2.24) is 15.3 Å². The maximum Gasteiger partial charge on any atom is 0.124 e. The minimum atomic E-state index is 0.346. The van der Waals surface area contributed by atoms with Crippen LogP contribution in [0.1, 0.15) is 43.7 Å². The lowest BCUT2D eigenvalue weighted by atomic mass is 10.2. The van der Waals surface area contributed by atoms with E-state index in [2.05, 4.69) is 52.5 Å². The Morgan fingerprint density at radius 2 is 2.45 bits per heavy atom. The first-order chi connectivity index (χ1) is 9.83. The maximum absolute atomic E-state index is 4.36. The van der Waals surface area contributed by atoms with Crippen molar-refractivity contribution in [1.29, 1.82) is 0 Å². The summed E-state index contributed by atoms with van der Waals surface area (Å²) in [5, 5.41) is 3.40. The summed E-state index contributed by atoms with van der Waals surface area (Å²) in [7, 11) is 0. The number of rotatable bonds is 3. The van der Waals surface area contributed by atoms with E-state index in [1.807, 2.05) is 6.08 Å². The van der Waals surface area contributed by atoms with Crippen molar-refractivity contribution >= 4 is 0 Å². The number of H-pyrrole nitrogens is 1. The van der Waals surface area contributed by atoms with E-state index in [0.717, 1.165) is 36.5 Å². The van der Waals surface area contributed by atoms with E-state index in [0.29, 0.717) is 6.04 Å². The molecular weight excluding hydrogens is 246 g/mol. The van der Waals surface area contributed by atoms with Gasteiger partial charge in [-0.15, -0.1) is 0 Å². The van der Waals surface area contributed by atoms with Crippen LogP contribution in [0.3, 0.4) is 0 Å². The van der Waals surface area contributed by atoms with E-state index in [1.165, 1.54) is 6.42 Å². The summed E-state index contributed by atoms with van der Waals surface area (Å²) in [5.74, 6) is 12.7. The van der Waals surface area contributed by atoms with Crippen molar-refractivity contribution < 1.29 is 0 Å². The summed E-state index contributed by atoms with van der Waals surface area (Å²) in [5.41, 5.74) is 1.85. The van der Waals surface area contributed by atoms with Crippen molar-refractivity contribution in [2.45, 2.75) is 32.2 Å². The highest BCUT2D eigenvalue weighted by Gasteiger charge is 2.18. The van der Waals surface area contributed by atoms with Crippen LogP contribution in [-0.4, -0.2) is 16.5 Å². The van der Waals surface area contributed by atoms with Crippen LogP contribution in [0.25, 0.3) is 0 Å². The number of allylic oxidation sites excluding steroid dienone is 3. The molecule has 2 N–H and O–H groups in total. The van der Waals surface area contributed by atoms with Gasteiger partial charge >= 0.3 is 0 Å². The van der Waals surface area contributed by atoms with Crippen LogP contribution in [0.2, 0.25) is 0 Å². The zero-order valence-electron chi connectivity index (χ0n) is 11.8. The molecule has 0 aliphatic carbocycles. The lowest BCUT2D eigenvalue weighted by Gasteiger charge is -2.04. The molecule has 0 saturated carbocycles. The Balaban J connectivity index is 2.01. The van der Waals surface area contributed by atoms with Crippen molar-refractivity contribution in [3.63, 3.8) is 0 Å². The van der Waals surface area contributed by atoms with Gasteiger partial charge in [0.1, 0.15) is 11.5 Å². The second-order valence-electron chi connectivity index (χ2n) is 4.61. The van der Waals surface area contributed by atoms with Gasteiger partial charge in [0.15, 0.2) is 0 Å². The average molecular weight is 265 g/mol. The lowest BCUT2D eigenvalue weighted by molar-refractivity contribution is 0.612. The summed E-state index contributed by atoms with van der Waals surface area (Å²) in [6, 6.07) is 0.346. The highest BCUT2D eigenvalue weighted by atomic mass is 15.0. The predicted octanol–water partition coefficient (Wildman–Crippen LogP) is 2.71. The van der Waals surface area contributed by atoms with Crippen LogP contribution in [0.4, 0.5) is 0 Å². The fourth-order valence-electron chi connectivity index (χ4n) is 2.10. The number of imidazole rings is 1. The monoisotopic (exact) mass is 265 g/mol. The topological polar surface area (TPSA) is 40.7 Å². The van der Waals surface area contributed by atoms with Gasteiger partial charge in [0, 0.05) is 5.57 Å². The molecule has 1 aliphatic heterocycles. The van der Waals surface area contributed by atoms with Gasteiger partial charge in [-0.25, -0.2) is 4.98 Å². The Bertz CT molecular complexity index is 608. The molecule has 1 fully saturated rings. The van der Waals surface area contributed by atoms with Crippen molar-refractivity contribution in [3.8, 4) is 23.7 Å². The molecule has 1 atom stereocenters. The molecule has 0 bridgehead atoms. The molecule has 1 aromatic rings. The summed E-state index contributed by atoms with van der Waals surface area (Å²) >= 11 is 0. The predicted molar refractivity (Wildman–Crippen MR) is 81.8 cm³/mol. The van der Waals surface area contributed by atoms with E-state index in [1.54, 1.807) is 12.3 Å². The molecule has 3 nitrogen and oxygen atoms in total. The molecule has 2 rings (SSSR count). The fourth-order valence-corrected chi connectivity index (χ4v) is 2.10. The zero-order chi connectivity index (χ0) is 14.2. The van der Waals surface area contributed by atoms with Gasteiger partial charge in [-0.1, -0.05) is 31.6 Å². The van der Waals surface area contributed by atoms with Crippen LogP contribution < -0.4 is 5.32 Å². The molecule has 20 heavy (non-hydrogen) atoms. The van der Waals surface area contributed by atoms with Gasteiger partial charge in [0.2, 0.25) is 0 Å². The molecule has 0 radical (unpaired) electrons. The Morgan fingerprint density at radius 1 is 1.55 bits per heavy atom. The molecule has 1 saturated heterocycles. The standard InChI is InChI=1S/C17H19N3/c1-3-8-14(4-2)9-5-6-10-15-13-19-17(20-15)16-11-7-12-18-16/h3,8,13,16,18H,1,4,7,11-12H2,2H3,(H,19,20)/b14-8+/t16-/m0/s1. The molecule has 102 valence electrons. The average Bonchev–Trinajstić information content (AvgIpc) is 3.12. The summed E-state index contributed by atoms with van der Waals surface area (Å²) in [4.78, 5) is 7.60. The van der Waals surface area contributed by atoms with Crippen LogP contribution in [0.15, 0.2) is 30.5 Å². The quantitative estimate of drug-likeness (QED) is 0.651. The second-order valence-corrected chi connectivity index (χ2v) is 4.61. The largest absolute Gasteiger partial charge is 0.334 e. The second kappa shape index (κ2) is 7.38. The molecule has 2 heterocycles. The number of nitrogens with one attached hydrogen (secondary N) is 2. The first-order valence-electron chi connectivity index (χ1n) is 6.95. The van der Waals surface area contributed by atoms with E-state index < -0.39 is 0 Å². The van der Waals surface area contributed by atoms with Gasteiger partial charge in [-0.2, -0.15) is 0 Å². The molecule has 0 spiro atoms. The van der Waals surface area contributed by atoms with Crippen molar-refractivity contribution in [3.05, 3.63) is 42.0 Å². The first-order valence-corrected chi connectivity index (χ1v) is 6.95. The third-order valence-electron chi connectivity index (χ3n) is 3.17. The third-order valence-corrected chi connectivity index (χ3v) is 3.17. The Labute approximate surface area is 120 Å². The van der Waals surface area contributed by atoms with Gasteiger partial charge in [0.05, 0.1) is 12.2 Å². The van der Waals surface area contributed by atoms with Crippen LogP contribution >= 0.6 is 0 Å². The fraction of sp³-hybridized carbons (Fsp3) is 0.353. The van der Waals surface area contributed by atoms with E-state index >= 15 is 0 Å². The summed E-state index contributed by atoms with van der Waals surface area (Å²) in [6.07, 6.45) is 8.65. The smallest absolute Gasteiger partial charge is 0.124 e. The Kier molecular flexibility index (Phi) is 5.24.